The Balaban J connectivity index is 1.78. The predicted octanol–water partition coefficient (Wildman–Crippen LogP) is 4.47. The fourth-order valence-corrected chi connectivity index (χ4v) is 4.94. The molecule has 30 heavy (non-hydrogen) atoms. The van der Waals surface area contributed by atoms with Crippen molar-refractivity contribution in [2.24, 2.45) is 0 Å². The van der Waals surface area contributed by atoms with Gasteiger partial charge in [-0.25, -0.2) is 8.42 Å². The number of aryl methyl sites for hydroxylation is 1. The highest BCUT2D eigenvalue weighted by Gasteiger charge is 2.27. The van der Waals surface area contributed by atoms with E-state index >= 15 is 0 Å². The van der Waals surface area contributed by atoms with Gasteiger partial charge in [0.25, 0.3) is 5.56 Å². The first-order valence-electron chi connectivity index (χ1n) is 9.23. The molecule has 0 bridgehead atoms. The Morgan fingerprint density at radius 3 is 2.60 bits per heavy atom. The van der Waals surface area contributed by atoms with E-state index in [4.69, 9.17) is 16.0 Å². The number of nitrogens with zero attached hydrogens (tertiary/aromatic N) is 1. The summed E-state index contributed by atoms with van der Waals surface area (Å²) in [5, 5.41) is 1.15. The largest absolute Gasteiger partial charge is 0.468 e. The molecule has 0 spiro atoms. The van der Waals surface area contributed by atoms with Gasteiger partial charge in [-0.3, -0.25) is 4.79 Å². The van der Waals surface area contributed by atoms with Crippen LogP contribution >= 0.6 is 11.6 Å². The molecule has 2 aromatic heterocycles. The number of nitrogens with one attached hydrogen (secondary N) is 1. The highest BCUT2D eigenvalue weighted by Crippen LogP contribution is 2.24. The Bertz CT molecular complexity index is 1360. The fraction of sp³-hybridized carbons (Fsp3) is 0.136. The van der Waals surface area contributed by atoms with Crippen LogP contribution in [0.15, 0.2) is 81.0 Å². The van der Waals surface area contributed by atoms with Crippen LogP contribution in [0.25, 0.3) is 10.9 Å². The normalized spacial score (nSPS) is 12.0. The van der Waals surface area contributed by atoms with E-state index < -0.39 is 10.0 Å². The van der Waals surface area contributed by atoms with Gasteiger partial charge in [0.2, 0.25) is 10.0 Å². The Labute approximate surface area is 178 Å². The van der Waals surface area contributed by atoms with Gasteiger partial charge in [-0.2, -0.15) is 4.31 Å². The Kier molecular flexibility index (Phi) is 5.51. The van der Waals surface area contributed by atoms with Gasteiger partial charge in [-0.05, 0) is 60.8 Å². The average molecular weight is 443 g/mol. The SMILES string of the molecule is Cc1ccc2[nH]c(=O)c(CN(Cc3ccco3)S(=O)(=O)c3cccc(Cl)c3)cc2c1. The molecule has 1 N–H and O–H groups in total. The van der Waals surface area contributed by atoms with E-state index in [0.717, 1.165) is 10.9 Å². The Morgan fingerprint density at radius 1 is 1.03 bits per heavy atom. The summed E-state index contributed by atoms with van der Waals surface area (Å²) < 4.78 is 33.3. The second-order valence-corrected chi connectivity index (χ2v) is 9.40. The van der Waals surface area contributed by atoms with Gasteiger partial charge in [-0.15, -0.1) is 0 Å². The van der Waals surface area contributed by atoms with Crippen molar-refractivity contribution < 1.29 is 12.8 Å². The number of benzene rings is 2. The lowest BCUT2D eigenvalue weighted by Crippen LogP contribution is -2.32. The van der Waals surface area contributed by atoms with Gasteiger partial charge < -0.3 is 9.40 Å². The number of H-pyrrole nitrogens is 1. The second kappa shape index (κ2) is 8.10. The number of hydrogen-bond acceptors (Lipinski definition) is 4. The number of fused-ring (bicyclic) bond motifs is 1. The average Bonchev–Trinajstić information content (AvgIpc) is 3.21. The number of aromatic amines is 1. The van der Waals surface area contributed by atoms with Crippen LogP contribution in [-0.2, 0) is 23.1 Å². The molecule has 8 heteroatoms. The first kappa shape index (κ1) is 20.4. The van der Waals surface area contributed by atoms with Crippen LogP contribution in [0.4, 0.5) is 0 Å². The molecule has 0 aliphatic heterocycles. The summed E-state index contributed by atoms with van der Waals surface area (Å²) >= 11 is 6.01. The number of rotatable bonds is 6. The molecule has 154 valence electrons. The molecule has 0 amide bonds. The van der Waals surface area contributed by atoms with Gasteiger partial charge in [0.1, 0.15) is 5.76 Å². The molecule has 0 aliphatic rings. The summed E-state index contributed by atoms with van der Waals surface area (Å²) in [4.78, 5) is 15.5. The van der Waals surface area contributed by atoms with E-state index in [1.807, 2.05) is 25.1 Å². The molecule has 0 saturated heterocycles. The van der Waals surface area contributed by atoms with Crippen molar-refractivity contribution in [2.45, 2.75) is 24.9 Å². The van der Waals surface area contributed by atoms with Crippen molar-refractivity contribution in [3.63, 3.8) is 0 Å². The zero-order valence-electron chi connectivity index (χ0n) is 16.1. The van der Waals surface area contributed by atoms with Gasteiger partial charge >= 0.3 is 0 Å². The quantitative estimate of drug-likeness (QED) is 0.477. The van der Waals surface area contributed by atoms with Crippen LogP contribution in [0.2, 0.25) is 5.02 Å². The molecular formula is C22H19ClN2O4S. The minimum Gasteiger partial charge on any atom is -0.468 e. The smallest absolute Gasteiger partial charge is 0.252 e. The maximum Gasteiger partial charge on any atom is 0.252 e. The lowest BCUT2D eigenvalue weighted by molar-refractivity contribution is 0.357. The van der Waals surface area contributed by atoms with E-state index in [1.165, 1.54) is 22.7 Å². The van der Waals surface area contributed by atoms with Crippen molar-refractivity contribution in [1.29, 1.82) is 0 Å². The Morgan fingerprint density at radius 2 is 1.87 bits per heavy atom. The van der Waals surface area contributed by atoms with Crippen molar-refractivity contribution in [2.75, 3.05) is 0 Å². The van der Waals surface area contributed by atoms with Crippen LogP contribution in [0.1, 0.15) is 16.9 Å². The standard InChI is InChI=1S/C22H19ClN2O4S/c1-15-7-8-21-16(10-15)11-17(22(26)24-21)13-25(14-19-5-3-9-29-19)30(27,28)20-6-2-4-18(23)12-20/h2-12H,13-14H2,1H3,(H,24,26). The molecule has 0 atom stereocenters. The fourth-order valence-electron chi connectivity index (χ4n) is 3.26. The van der Waals surface area contributed by atoms with Crippen LogP contribution < -0.4 is 5.56 Å². The first-order chi connectivity index (χ1) is 14.3. The first-order valence-corrected chi connectivity index (χ1v) is 11.1. The van der Waals surface area contributed by atoms with E-state index in [0.29, 0.717) is 21.9 Å². The highest BCUT2D eigenvalue weighted by atomic mass is 35.5. The van der Waals surface area contributed by atoms with E-state index in [2.05, 4.69) is 4.98 Å². The summed E-state index contributed by atoms with van der Waals surface area (Å²) in [7, 11) is -3.94. The molecule has 0 saturated carbocycles. The number of furan rings is 1. The number of aromatic nitrogens is 1. The van der Waals surface area contributed by atoms with Crippen LogP contribution in [0.5, 0.6) is 0 Å². The van der Waals surface area contributed by atoms with Gasteiger partial charge in [0.15, 0.2) is 0 Å². The molecule has 2 heterocycles. The molecule has 0 radical (unpaired) electrons. The highest BCUT2D eigenvalue weighted by molar-refractivity contribution is 7.89. The monoisotopic (exact) mass is 442 g/mol. The number of sulfonamides is 1. The van der Waals surface area contributed by atoms with Crippen LogP contribution in [0.3, 0.4) is 0 Å². The van der Waals surface area contributed by atoms with Gasteiger partial charge in [0, 0.05) is 22.6 Å². The molecule has 0 unspecified atom stereocenters. The maximum atomic E-state index is 13.4. The van der Waals surface area contributed by atoms with Crippen LogP contribution in [-0.4, -0.2) is 17.7 Å². The summed E-state index contributed by atoms with van der Waals surface area (Å²) in [6, 6.07) is 16.8. The molecule has 4 aromatic rings. The maximum absolute atomic E-state index is 13.4. The lowest BCUT2D eigenvalue weighted by atomic mass is 10.1. The van der Waals surface area contributed by atoms with Crippen molar-refractivity contribution in [3.05, 3.63) is 99.2 Å². The second-order valence-electron chi connectivity index (χ2n) is 7.02. The van der Waals surface area contributed by atoms with E-state index in [-0.39, 0.29) is 23.5 Å². The summed E-state index contributed by atoms with van der Waals surface area (Å²) in [6.07, 6.45) is 1.48. The van der Waals surface area contributed by atoms with E-state index in [1.54, 1.807) is 30.3 Å². The number of hydrogen-bond donors (Lipinski definition) is 1. The number of pyridine rings is 1. The molecule has 6 nitrogen and oxygen atoms in total. The van der Waals surface area contributed by atoms with E-state index in [9.17, 15) is 13.2 Å². The topological polar surface area (TPSA) is 83.4 Å². The van der Waals surface area contributed by atoms with Crippen LogP contribution in [0, 0.1) is 6.92 Å². The third-order valence-corrected chi connectivity index (χ3v) is 6.79. The third-order valence-electron chi connectivity index (χ3n) is 4.77. The predicted molar refractivity (Wildman–Crippen MR) is 116 cm³/mol. The molecular weight excluding hydrogens is 424 g/mol. The van der Waals surface area contributed by atoms with Crippen molar-refractivity contribution in [3.8, 4) is 0 Å². The molecule has 0 fully saturated rings. The number of halogens is 1. The van der Waals surface area contributed by atoms with Crippen molar-refractivity contribution >= 4 is 32.5 Å². The minimum absolute atomic E-state index is 0.0207. The zero-order valence-corrected chi connectivity index (χ0v) is 17.7. The summed E-state index contributed by atoms with van der Waals surface area (Å²) in [5.74, 6) is 0.466. The Hall–Kier alpha value is -2.87. The lowest BCUT2D eigenvalue weighted by Gasteiger charge is -2.21. The minimum atomic E-state index is -3.94. The third kappa shape index (κ3) is 4.18. The zero-order chi connectivity index (χ0) is 21.3. The molecule has 4 rings (SSSR count). The summed E-state index contributed by atoms with van der Waals surface area (Å²) in [5.41, 5.74) is 1.74. The van der Waals surface area contributed by atoms with Gasteiger partial charge in [0.05, 0.1) is 17.7 Å². The molecule has 2 aromatic carbocycles. The molecule has 0 aliphatic carbocycles. The van der Waals surface area contributed by atoms with Crippen molar-refractivity contribution in [1.82, 2.24) is 9.29 Å². The summed E-state index contributed by atoms with van der Waals surface area (Å²) in [6.45, 7) is 1.82. The van der Waals surface area contributed by atoms with Gasteiger partial charge in [-0.1, -0.05) is 29.3 Å².